The predicted octanol–water partition coefficient (Wildman–Crippen LogP) is 2.06. The maximum absolute atomic E-state index is 10.9. The molecule has 1 aromatic carbocycles. The third-order valence-electron chi connectivity index (χ3n) is 2.22. The molecule has 18 heavy (non-hydrogen) atoms. The lowest BCUT2D eigenvalue weighted by molar-refractivity contribution is -0.385. The molecule has 7 nitrogen and oxygen atoms in total. The van der Waals surface area contributed by atoms with E-state index in [1.165, 1.54) is 22.5 Å². The van der Waals surface area contributed by atoms with Crippen molar-refractivity contribution in [3.8, 4) is 0 Å². The molecule has 1 heterocycles. The fraction of sp³-hybridized carbons (Fsp3) is 0.222. The highest BCUT2D eigenvalue weighted by molar-refractivity contribution is 7.98. The van der Waals surface area contributed by atoms with Gasteiger partial charge in [0.1, 0.15) is 0 Å². The fourth-order valence-corrected chi connectivity index (χ4v) is 2.55. The topological polar surface area (TPSA) is 86.7 Å². The van der Waals surface area contributed by atoms with Gasteiger partial charge in [-0.25, -0.2) is 4.68 Å². The molecule has 0 amide bonds. The number of nitro benzene ring substituents is 1. The second-order valence-electron chi connectivity index (χ2n) is 3.37. The molecule has 0 unspecified atom stereocenters. The van der Waals surface area contributed by atoms with Gasteiger partial charge in [0, 0.05) is 18.9 Å². The summed E-state index contributed by atoms with van der Waals surface area (Å²) in [6, 6.07) is 4.61. The summed E-state index contributed by atoms with van der Waals surface area (Å²) in [5.74, 6) is 0.337. The maximum atomic E-state index is 10.9. The quantitative estimate of drug-likeness (QED) is 0.485. The number of hydrogen-bond acceptors (Lipinski definition) is 6. The van der Waals surface area contributed by atoms with E-state index in [-0.39, 0.29) is 5.69 Å². The molecular formula is C9H8ClN5O2S. The van der Waals surface area contributed by atoms with Gasteiger partial charge in [-0.05, 0) is 16.5 Å². The Hall–Kier alpha value is -1.67. The van der Waals surface area contributed by atoms with Gasteiger partial charge < -0.3 is 0 Å². The molecular weight excluding hydrogens is 278 g/mol. The summed E-state index contributed by atoms with van der Waals surface area (Å²) in [7, 11) is 1.70. The van der Waals surface area contributed by atoms with Crippen LogP contribution in [-0.2, 0) is 12.8 Å². The number of thioether (sulfide) groups is 1. The number of nitro groups is 1. The highest BCUT2D eigenvalue weighted by Gasteiger charge is 2.17. The van der Waals surface area contributed by atoms with Gasteiger partial charge in [-0.1, -0.05) is 29.4 Å². The molecule has 0 spiro atoms. The Morgan fingerprint density at radius 1 is 1.56 bits per heavy atom. The number of halogens is 1. The van der Waals surface area contributed by atoms with Crippen LogP contribution in [0.3, 0.4) is 0 Å². The van der Waals surface area contributed by atoms with Crippen LogP contribution in [0.4, 0.5) is 5.69 Å². The van der Waals surface area contributed by atoms with E-state index in [1.807, 2.05) is 0 Å². The van der Waals surface area contributed by atoms with Crippen molar-refractivity contribution in [2.75, 3.05) is 0 Å². The van der Waals surface area contributed by atoms with Crippen LogP contribution in [0.15, 0.2) is 23.4 Å². The molecule has 1 aromatic heterocycles. The minimum Gasteiger partial charge on any atom is -0.258 e. The number of benzene rings is 1. The van der Waals surface area contributed by atoms with E-state index in [1.54, 1.807) is 19.2 Å². The van der Waals surface area contributed by atoms with Crippen LogP contribution >= 0.6 is 23.4 Å². The van der Waals surface area contributed by atoms with E-state index in [0.29, 0.717) is 21.5 Å². The Morgan fingerprint density at radius 2 is 2.33 bits per heavy atom. The van der Waals surface area contributed by atoms with E-state index < -0.39 is 4.92 Å². The molecule has 0 saturated carbocycles. The largest absolute Gasteiger partial charge is 0.274 e. The zero-order chi connectivity index (χ0) is 13.1. The normalized spacial score (nSPS) is 10.6. The van der Waals surface area contributed by atoms with Gasteiger partial charge >= 0.3 is 0 Å². The number of aryl methyl sites for hydroxylation is 1. The minimum atomic E-state index is -0.448. The molecule has 0 aliphatic heterocycles. The first-order chi connectivity index (χ1) is 8.59. The molecule has 0 aliphatic rings. The van der Waals surface area contributed by atoms with Gasteiger partial charge in [-0.2, -0.15) is 0 Å². The van der Waals surface area contributed by atoms with Gasteiger partial charge in [-0.15, -0.1) is 5.10 Å². The highest BCUT2D eigenvalue weighted by atomic mass is 35.5. The van der Waals surface area contributed by atoms with Crippen LogP contribution < -0.4 is 0 Å². The second-order valence-corrected chi connectivity index (χ2v) is 4.72. The van der Waals surface area contributed by atoms with Crippen LogP contribution in [-0.4, -0.2) is 25.1 Å². The Labute approximate surface area is 111 Å². The molecule has 0 fully saturated rings. The lowest BCUT2D eigenvalue weighted by Crippen LogP contribution is -1.97. The summed E-state index contributed by atoms with van der Waals surface area (Å²) in [5.41, 5.74) is 0.474. The summed E-state index contributed by atoms with van der Waals surface area (Å²) in [4.78, 5) is 10.4. The van der Waals surface area contributed by atoms with Crippen molar-refractivity contribution in [1.82, 2.24) is 20.2 Å². The Morgan fingerprint density at radius 3 is 2.94 bits per heavy atom. The van der Waals surface area contributed by atoms with Crippen molar-refractivity contribution in [3.63, 3.8) is 0 Å². The molecule has 0 N–H and O–H groups in total. The molecule has 9 heteroatoms. The van der Waals surface area contributed by atoms with Gasteiger partial charge in [0.15, 0.2) is 0 Å². The zero-order valence-electron chi connectivity index (χ0n) is 9.28. The van der Waals surface area contributed by atoms with Crippen LogP contribution in [0.1, 0.15) is 5.56 Å². The first-order valence-corrected chi connectivity index (χ1v) is 6.23. The Bertz CT molecular complexity index is 588. The summed E-state index contributed by atoms with van der Waals surface area (Å²) in [6.45, 7) is 0. The van der Waals surface area contributed by atoms with Gasteiger partial charge in [-0.3, -0.25) is 10.1 Å². The lowest BCUT2D eigenvalue weighted by atomic mass is 10.2. The smallest absolute Gasteiger partial charge is 0.258 e. The number of hydrogen-bond donors (Lipinski definition) is 0. The number of aromatic nitrogens is 4. The van der Waals surface area contributed by atoms with Crippen LogP contribution in [0.25, 0.3) is 0 Å². The van der Waals surface area contributed by atoms with Crippen molar-refractivity contribution >= 4 is 29.1 Å². The van der Waals surface area contributed by atoms with E-state index in [4.69, 9.17) is 11.6 Å². The van der Waals surface area contributed by atoms with E-state index in [9.17, 15) is 10.1 Å². The molecule has 0 aliphatic carbocycles. The van der Waals surface area contributed by atoms with Crippen molar-refractivity contribution < 1.29 is 4.92 Å². The Kier molecular flexibility index (Phi) is 3.78. The molecule has 0 radical (unpaired) electrons. The first kappa shape index (κ1) is 12.8. The van der Waals surface area contributed by atoms with Crippen molar-refractivity contribution in [2.24, 2.45) is 7.05 Å². The number of tetrazole rings is 1. The average molecular weight is 286 g/mol. The lowest BCUT2D eigenvalue weighted by Gasteiger charge is -2.04. The monoisotopic (exact) mass is 285 g/mol. The first-order valence-electron chi connectivity index (χ1n) is 4.86. The number of rotatable bonds is 4. The summed E-state index contributed by atoms with van der Waals surface area (Å²) in [5, 5.41) is 22.8. The predicted molar refractivity (Wildman–Crippen MR) is 66.5 cm³/mol. The van der Waals surface area contributed by atoms with Crippen molar-refractivity contribution in [1.29, 1.82) is 0 Å². The molecule has 94 valence electrons. The molecule has 0 atom stereocenters. The van der Waals surface area contributed by atoms with Gasteiger partial charge in [0.05, 0.1) is 15.5 Å². The third-order valence-corrected chi connectivity index (χ3v) is 3.61. The average Bonchev–Trinajstić information content (AvgIpc) is 2.73. The van der Waals surface area contributed by atoms with Gasteiger partial charge in [0.2, 0.25) is 5.16 Å². The minimum absolute atomic E-state index is 0.00475. The summed E-state index contributed by atoms with van der Waals surface area (Å²) < 4.78 is 1.49. The van der Waals surface area contributed by atoms with Crippen LogP contribution in [0.2, 0.25) is 5.02 Å². The van der Waals surface area contributed by atoms with Crippen LogP contribution in [0, 0.1) is 10.1 Å². The van der Waals surface area contributed by atoms with E-state index in [0.717, 1.165) is 0 Å². The summed E-state index contributed by atoms with van der Waals surface area (Å²) in [6.07, 6.45) is 0. The highest BCUT2D eigenvalue weighted by Crippen LogP contribution is 2.31. The molecule has 2 rings (SSSR count). The molecule has 2 aromatic rings. The van der Waals surface area contributed by atoms with Gasteiger partial charge in [0.25, 0.3) is 5.69 Å². The molecule has 0 bridgehead atoms. The SMILES string of the molecule is Cn1nnnc1SCc1c(Cl)cccc1[N+](=O)[O-]. The fourth-order valence-electron chi connectivity index (χ4n) is 1.34. The van der Waals surface area contributed by atoms with Crippen molar-refractivity contribution in [3.05, 3.63) is 38.9 Å². The third kappa shape index (κ3) is 2.59. The maximum Gasteiger partial charge on any atom is 0.274 e. The summed E-state index contributed by atoms with van der Waals surface area (Å²) >= 11 is 7.27. The zero-order valence-corrected chi connectivity index (χ0v) is 10.9. The van der Waals surface area contributed by atoms with Crippen LogP contribution in [0.5, 0.6) is 0 Å². The van der Waals surface area contributed by atoms with E-state index in [2.05, 4.69) is 15.5 Å². The van der Waals surface area contributed by atoms with E-state index >= 15 is 0 Å². The van der Waals surface area contributed by atoms with Crippen molar-refractivity contribution in [2.45, 2.75) is 10.9 Å². The standard InChI is InChI=1S/C9H8ClN5O2S/c1-14-9(11-12-13-14)18-5-6-7(10)3-2-4-8(6)15(16)17/h2-4H,5H2,1H3. The second kappa shape index (κ2) is 5.32. The Balaban J connectivity index is 2.24. The number of nitrogens with zero attached hydrogens (tertiary/aromatic N) is 5. The molecule has 0 saturated heterocycles.